The SMILES string of the molecule is CN=c1c2c(Nc3ccccc3)n(Cc3ccc(-c4ccccn4)cc3)nc2n(CC(C)C)c(=O)n1C. The summed E-state index contributed by atoms with van der Waals surface area (Å²) in [5, 5.41) is 9.36. The molecule has 0 saturated carbocycles. The summed E-state index contributed by atoms with van der Waals surface area (Å²) in [5.74, 6) is 1.07. The fourth-order valence-corrected chi connectivity index (χ4v) is 4.55. The van der Waals surface area contributed by atoms with Crippen LogP contribution in [0.25, 0.3) is 22.3 Å². The van der Waals surface area contributed by atoms with Crippen molar-refractivity contribution in [2.24, 2.45) is 18.0 Å². The van der Waals surface area contributed by atoms with E-state index in [1.807, 2.05) is 53.2 Å². The molecular weight excluding hydrogens is 462 g/mol. The molecule has 0 amide bonds. The van der Waals surface area contributed by atoms with Crippen LogP contribution in [0.4, 0.5) is 11.5 Å². The van der Waals surface area contributed by atoms with Gasteiger partial charge in [0.05, 0.1) is 12.2 Å². The van der Waals surface area contributed by atoms with Gasteiger partial charge in [-0.2, -0.15) is 5.10 Å². The van der Waals surface area contributed by atoms with Gasteiger partial charge >= 0.3 is 5.69 Å². The Labute approximate surface area is 215 Å². The fourth-order valence-electron chi connectivity index (χ4n) is 4.55. The van der Waals surface area contributed by atoms with Crippen molar-refractivity contribution in [2.75, 3.05) is 12.4 Å². The van der Waals surface area contributed by atoms with Crippen molar-refractivity contribution in [3.63, 3.8) is 0 Å². The van der Waals surface area contributed by atoms with E-state index >= 15 is 0 Å². The van der Waals surface area contributed by atoms with Crippen LogP contribution in [-0.4, -0.2) is 30.9 Å². The number of rotatable bonds is 7. The van der Waals surface area contributed by atoms with Crippen LogP contribution >= 0.6 is 0 Å². The number of benzene rings is 2. The molecule has 188 valence electrons. The molecule has 0 radical (unpaired) electrons. The van der Waals surface area contributed by atoms with Gasteiger partial charge in [-0.3, -0.25) is 19.1 Å². The Bertz CT molecular complexity index is 1650. The summed E-state index contributed by atoms with van der Waals surface area (Å²) in [6, 6.07) is 24.2. The van der Waals surface area contributed by atoms with Crippen LogP contribution < -0.4 is 16.5 Å². The lowest BCUT2D eigenvalue weighted by atomic mass is 10.1. The van der Waals surface area contributed by atoms with Gasteiger partial charge in [0.25, 0.3) is 0 Å². The zero-order valence-corrected chi connectivity index (χ0v) is 21.6. The van der Waals surface area contributed by atoms with Gasteiger partial charge in [0.2, 0.25) is 0 Å². The van der Waals surface area contributed by atoms with Crippen molar-refractivity contribution < 1.29 is 0 Å². The topological polar surface area (TPSA) is 82.0 Å². The lowest BCUT2D eigenvalue weighted by Gasteiger charge is -2.13. The molecule has 1 N–H and O–H groups in total. The summed E-state index contributed by atoms with van der Waals surface area (Å²) in [7, 11) is 3.47. The van der Waals surface area contributed by atoms with Gasteiger partial charge < -0.3 is 5.32 Å². The highest BCUT2D eigenvalue weighted by Crippen LogP contribution is 2.26. The van der Waals surface area contributed by atoms with Crippen LogP contribution in [0.2, 0.25) is 0 Å². The predicted octanol–water partition coefficient (Wildman–Crippen LogP) is 4.58. The van der Waals surface area contributed by atoms with Crippen LogP contribution in [0.1, 0.15) is 19.4 Å². The second kappa shape index (κ2) is 10.3. The monoisotopic (exact) mass is 493 g/mol. The first-order valence-corrected chi connectivity index (χ1v) is 12.4. The number of pyridine rings is 1. The van der Waals surface area contributed by atoms with Gasteiger partial charge in [-0.15, -0.1) is 0 Å². The Hall–Kier alpha value is -4.46. The number of hydrogen-bond donors (Lipinski definition) is 1. The van der Waals surface area contributed by atoms with Gasteiger partial charge in [0.1, 0.15) is 16.7 Å². The van der Waals surface area contributed by atoms with E-state index in [1.54, 1.807) is 29.4 Å². The third-order valence-corrected chi connectivity index (χ3v) is 6.29. The van der Waals surface area contributed by atoms with E-state index in [0.717, 1.165) is 33.7 Å². The normalized spacial score (nSPS) is 12.0. The van der Waals surface area contributed by atoms with E-state index in [-0.39, 0.29) is 11.6 Å². The minimum absolute atomic E-state index is 0.127. The van der Waals surface area contributed by atoms with Crippen molar-refractivity contribution in [1.82, 2.24) is 23.9 Å². The number of anilines is 2. The van der Waals surface area contributed by atoms with E-state index in [1.165, 1.54) is 0 Å². The molecule has 37 heavy (non-hydrogen) atoms. The second-order valence-electron chi connectivity index (χ2n) is 9.50. The maximum atomic E-state index is 13.3. The predicted molar refractivity (Wildman–Crippen MR) is 148 cm³/mol. The molecule has 3 aromatic heterocycles. The summed E-state index contributed by atoms with van der Waals surface area (Å²) in [4.78, 5) is 22.2. The van der Waals surface area contributed by atoms with Crippen LogP contribution in [0.15, 0.2) is 88.8 Å². The van der Waals surface area contributed by atoms with Crippen molar-refractivity contribution in [1.29, 1.82) is 0 Å². The molecule has 3 heterocycles. The number of hydrogen-bond acceptors (Lipinski definition) is 5. The summed E-state index contributed by atoms with van der Waals surface area (Å²) < 4.78 is 5.29. The molecule has 0 fully saturated rings. The van der Waals surface area contributed by atoms with Crippen LogP contribution in [0, 0.1) is 5.92 Å². The number of fused-ring (bicyclic) bond motifs is 1. The molecule has 0 saturated heterocycles. The fraction of sp³-hybridized carbons (Fsp3) is 0.241. The molecule has 8 nitrogen and oxygen atoms in total. The second-order valence-corrected chi connectivity index (χ2v) is 9.50. The van der Waals surface area contributed by atoms with Crippen LogP contribution in [0.5, 0.6) is 0 Å². The lowest BCUT2D eigenvalue weighted by molar-refractivity contribution is 0.496. The maximum Gasteiger partial charge on any atom is 0.331 e. The molecule has 0 aliphatic heterocycles. The van der Waals surface area contributed by atoms with Gasteiger partial charge in [-0.25, -0.2) is 9.48 Å². The van der Waals surface area contributed by atoms with Crippen molar-refractivity contribution in [3.05, 3.63) is 101 Å². The lowest BCUT2D eigenvalue weighted by Crippen LogP contribution is -2.39. The van der Waals surface area contributed by atoms with E-state index in [2.05, 4.69) is 53.4 Å². The molecule has 0 unspecified atom stereocenters. The molecule has 0 spiro atoms. The molecule has 0 aliphatic carbocycles. The average Bonchev–Trinajstić information content (AvgIpc) is 3.25. The minimum atomic E-state index is -0.127. The Morgan fingerprint density at radius 3 is 2.35 bits per heavy atom. The van der Waals surface area contributed by atoms with E-state index in [4.69, 9.17) is 5.10 Å². The average molecular weight is 494 g/mol. The molecule has 0 atom stereocenters. The summed E-state index contributed by atoms with van der Waals surface area (Å²) in [6.45, 7) is 5.28. The third kappa shape index (κ3) is 4.82. The highest BCUT2D eigenvalue weighted by Gasteiger charge is 2.21. The van der Waals surface area contributed by atoms with Gasteiger partial charge in [0.15, 0.2) is 5.65 Å². The first-order valence-electron chi connectivity index (χ1n) is 12.4. The van der Waals surface area contributed by atoms with Crippen molar-refractivity contribution >= 4 is 22.5 Å². The number of aromatic nitrogens is 5. The molecule has 0 aliphatic rings. The van der Waals surface area contributed by atoms with Crippen LogP contribution in [0.3, 0.4) is 0 Å². The number of nitrogens with one attached hydrogen (secondary N) is 1. The first-order chi connectivity index (χ1) is 18.0. The quantitative estimate of drug-likeness (QED) is 0.360. The van der Waals surface area contributed by atoms with Crippen molar-refractivity contribution in [2.45, 2.75) is 26.9 Å². The molecule has 8 heteroatoms. The zero-order valence-electron chi connectivity index (χ0n) is 21.6. The van der Waals surface area contributed by atoms with Crippen molar-refractivity contribution in [3.8, 4) is 11.3 Å². The summed E-state index contributed by atoms with van der Waals surface area (Å²) >= 11 is 0. The third-order valence-electron chi connectivity index (χ3n) is 6.29. The Morgan fingerprint density at radius 1 is 0.973 bits per heavy atom. The van der Waals surface area contributed by atoms with Gasteiger partial charge in [-0.1, -0.05) is 62.4 Å². The molecule has 2 aromatic carbocycles. The van der Waals surface area contributed by atoms with Crippen LogP contribution in [-0.2, 0) is 20.1 Å². The minimum Gasteiger partial charge on any atom is -0.340 e. The summed E-state index contributed by atoms with van der Waals surface area (Å²) in [6.07, 6.45) is 1.80. The van der Waals surface area contributed by atoms with Gasteiger partial charge in [0, 0.05) is 38.1 Å². The highest BCUT2D eigenvalue weighted by molar-refractivity contribution is 5.89. The maximum absolute atomic E-state index is 13.3. The highest BCUT2D eigenvalue weighted by atomic mass is 16.1. The van der Waals surface area contributed by atoms with Gasteiger partial charge in [-0.05, 0) is 35.7 Å². The van der Waals surface area contributed by atoms with E-state index < -0.39 is 0 Å². The zero-order chi connectivity index (χ0) is 25.9. The Balaban J connectivity index is 1.67. The number of para-hydroxylation sites is 1. The molecular formula is C29H31N7O. The number of nitrogens with zero attached hydrogens (tertiary/aromatic N) is 6. The molecule has 5 rings (SSSR count). The standard InChI is InChI=1S/C29H31N7O/c1-20(2)18-35-28-25(26(30-3)34(4)29(35)37)27(32-23-10-6-5-7-11-23)36(33-28)19-21-13-15-22(16-14-21)24-12-8-9-17-31-24/h5-17,20,32H,18-19H2,1-4H3. The Kier molecular flexibility index (Phi) is 6.72. The smallest absolute Gasteiger partial charge is 0.331 e. The van der Waals surface area contributed by atoms with E-state index in [9.17, 15) is 4.79 Å². The molecule has 5 aromatic rings. The largest absolute Gasteiger partial charge is 0.340 e. The first kappa shape index (κ1) is 24.2. The summed E-state index contributed by atoms with van der Waals surface area (Å²) in [5.41, 5.74) is 5.10. The Morgan fingerprint density at radius 2 is 1.70 bits per heavy atom. The molecule has 0 bridgehead atoms. The van der Waals surface area contributed by atoms with E-state index in [0.29, 0.717) is 24.2 Å².